The first-order valence-corrected chi connectivity index (χ1v) is 5.42. The molecule has 0 unspecified atom stereocenters. The summed E-state index contributed by atoms with van der Waals surface area (Å²) in [5.41, 5.74) is -1.59. The molecule has 1 aromatic carbocycles. The topological polar surface area (TPSA) is 66.4 Å². The zero-order valence-corrected chi connectivity index (χ0v) is 9.37. The second kappa shape index (κ2) is 4.36. The summed E-state index contributed by atoms with van der Waals surface area (Å²) in [6.07, 6.45) is 0.176. The summed E-state index contributed by atoms with van der Waals surface area (Å²) >= 11 is 0. The summed E-state index contributed by atoms with van der Waals surface area (Å²) in [7, 11) is 0. The van der Waals surface area contributed by atoms with Crippen LogP contribution in [0.25, 0.3) is 0 Å². The molecule has 96 valence electrons. The summed E-state index contributed by atoms with van der Waals surface area (Å²) in [5, 5.41) is 11.2. The lowest BCUT2D eigenvalue weighted by atomic mass is 10.1. The molecule has 1 amide bonds. The lowest BCUT2D eigenvalue weighted by Crippen LogP contribution is -2.43. The number of rotatable bonds is 4. The lowest BCUT2D eigenvalue weighted by molar-refractivity contribution is -0.143. The van der Waals surface area contributed by atoms with Crippen LogP contribution in [-0.2, 0) is 16.0 Å². The maximum absolute atomic E-state index is 13.3. The van der Waals surface area contributed by atoms with Gasteiger partial charge in [0.15, 0.2) is 0 Å². The first-order valence-electron chi connectivity index (χ1n) is 5.42. The average Bonchev–Trinajstić information content (AvgIpc) is 3.05. The molecule has 0 aromatic heterocycles. The van der Waals surface area contributed by atoms with E-state index in [0.717, 1.165) is 12.1 Å². The standard InChI is InChI=1S/C12H11F2NO3/c13-8-2-1-3-9(14)7(8)6-10(16)15-12(4-5-12)11(17)18/h1-3H,4-6H2,(H,15,16)(H,17,18). The minimum atomic E-state index is -1.24. The van der Waals surface area contributed by atoms with Crippen LogP contribution in [0.4, 0.5) is 8.78 Å². The van der Waals surface area contributed by atoms with E-state index in [1.54, 1.807) is 0 Å². The number of carboxylic acids is 1. The van der Waals surface area contributed by atoms with Gasteiger partial charge < -0.3 is 10.4 Å². The van der Waals surface area contributed by atoms with E-state index in [1.165, 1.54) is 6.07 Å². The van der Waals surface area contributed by atoms with Gasteiger partial charge in [-0.3, -0.25) is 4.79 Å². The van der Waals surface area contributed by atoms with Crippen molar-refractivity contribution in [2.75, 3.05) is 0 Å². The minimum Gasteiger partial charge on any atom is -0.480 e. The highest BCUT2D eigenvalue weighted by atomic mass is 19.1. The maximum Gasteiger partial charge on any atom is 0.329 e. The SMILES string of the molecule is O=C(Cc1c(F)cccc1F)NC1(C(=O)O)CC1. The van der Waals surface area contributed by atoms with E-state index in [1.807, 2.05) is 0 Å². The highest BCUT2D eigenvalue weighted by Crippen LogP contribution is 2.35. The monoisotopic (exact) mass is 255 g/mol. The van der Waals surface area contributed by atoms with E-state index in [9.17, 15) is 18.4 Å². The molecule has 18 heavy (non-hydrogen) atoms. The Bertz CT molecular complexity index is 492. The van der Waals surface area contributed by atoms with E-state index >= 15 is 0 Å². The van der Waals surface area contributed by atoms with Gasteiger partial charge in [0.2, 0.25) is 5.91 Å². The molecule has 1 saturated carbocycles. The van der Waals surface area contributed by atoms with Crippen molar-refractivity contribution < 1.29 is 23.5 Å². The highest BCUT2D eigenvalue weighted by molar-refractivity contribution is 5.90. The van der Waals surface area contributed by atoms with Crippen LogP contribution < -0.4 is 5.32 Å². The van der Waals surface area contributed by atoms with Crippen molar-refractivity contribution in [3.63, 3.8) is 0 Å². The Morgan fingerprint density at radius 2 is 1.83 bits per heavy atom. The third-order valence-electron chi connectivity index (χ3n) is 2.94. The third kappa shape index (κ3) is 2.32. The smallest absolute Gasteiger partial charge is 0.329 e. The molecule has 2 N–H and O–H groups in total. The molecular formula is C12H11F2NO3. The number of aliphatic carboxylic acids is 1. The summed E-state index contributed by atoms with van der Waals surface area (Å²) in [6.45, 7) is 0. The van der Waals surface area contributed by atoms with Gasteiger partial charge in [-0.2, -0.15) is 0 Å². The van der Waals surface area contributed by atoms with Crippen LogP contribution in [-0.4, -0.2) is 22.5 Å². The Morgan fingerprint density at radius 3 is 2.28 bits per heavy atom. The number of carbonyl (C=O) groups is 2. The summed E-state index contributed by atoms with van der Waals surface area (Å²) in [5.74, 6) is -3.45. The molecule has 4 nitrogen and oxygen atoms in total. The number of halogens is 2. The van der Waals surface area contributed by atoms with Gasteiger partial charge in [0, 0.05) is 5.56 Å². The number of amides is 1. The van der Waals surface area contributed by atoms with E-state index in [0.29, 0.717) is 12.8 Å². The van der Waals surface area contributed by atoms with Crippen molar-refractivity contribution in [1.29, 1.82) is 0 Å². The molecule has 0 saturated heterocycles. The summed E-state index contributed by atoms with van der Waals surface area (Å²) in [6, 6.07) is 3.30. The molecule has 0 spiro atoms. The van der Waals surface area contributed by atoms with Crippen LogP contribution in [0.15, 0.2) is 18.2 Å². The second-order valence-electron chi connectivity index (χ2n) is 4.31. The lowest BCUT2D eigenvalue weighted by Gasteiger charge is -2.12. The molecular weight excluding hydrogens is 244 g/mol. The summed E-state index contributed by atoms with van der Waals surface area (Å²) in [4.78, 5) is 22.4. The maximum atomic E-state index is 13.3. The fourth-order valence-corrected chi connectivity index (χ4v) is 1.69. The average molecular weight is 255 g/mol. The van der Waals surface area contributed by atoms with E-state index in [-0.39, 0.29) is 5.56 Å². The molecule has 1 aromatic rings. The van der Waals surface area contributed by atoms with Crippen LogP contribution >= 0.6 is 0 Å². The number of nitrogens with one attached hydrogen (secondary N) is 1. The van der Waals surface area contributed by atoms with Gasteiger partial charge in [0.1, 0.15) is 17.2 Å². The number of carboxylic acid groups (broad SMARTS) is 1. The van der Waals surface area contributed by atoms with Gasteiger partial charge >= 0.3 is 5.97 Å². The fourth-order valence-electron chi connectivity index (χ4n) is 1.69. The van der Waals surface area contributed by atoms with E-state index in [4.69, 9.17) is 5.11 Å². The van der Waals surface area contributed by atoms with Crippen molar-refractivity contribution in [1.82, 2.24) is 5.32 Å². The summed E-state index contributed by atoms with van der Waals surface area (Å²) < 4.78 is 26.6. The molecule has 0 heterocycles. The zero-order valence-electron chi connectivity index (χ0n) is 9.37. The van der Waals surface area contributed by atoms with Crippen LogP contribution in [0.5, 0.6) is 0 Å². The van der Waals surface area contributed by atoms with Crippen LogP contribution in [0, 0.1) is 11.6 Å². The van der Waals surface area contributed by atoms with E-state index in [2.05, 4.69) is 5.32 Å². The molecule has 2 rings (SSSR count). The van der Waals surface area contributed by atoms with Crippen LogP contribution in [0.1, 0.15) is 18.4 Å². The largest absolute Gasteiger partial charge is 0.480 e. The first-order chi connectivity index (χ1) is 8.44. The Morgan fingerprint density at radius 1 is 1.28 bits per heavy atom. The normalized spacial score (nSPS) is 16.1. The zero-order chi connectivity index (χ0) is 13.3. The van der Waals surface area contributed by atoms with Crippen molar-refractivity contribution in [2.45, 2.75) is 24.8 Å². The highest BCUT2D eigenvalue weighted by Gasteiger charge is 2.51. The molecule has 6 heteroatoms. The molecule has 0 atom stereocenters. The molecule has 0 radical (unpaired) electrons. The first kappa shape index (κ1) is 12.5. The Labute approximate surface area is 102 Å². The van der Waals surface area contributed by atoms with Gasteiger partial charge in [0.25, 0.3) is 0 Å². The number of hydrogen-bond acceptors (Lipinski definition) is 2. The second-order valence-corrected chi connectivity index (χ2v) is 4.31. The minimum absolute atomic E-state index is 0.341. The molecule has 0 bridgehead atoms. The number of carbonyl (C=O) groups excluding carboxylic acids is 1. The van der Waals surface area contributed by atoms with Gasteiger partial charge in [-0.25, -0.2) is 13.6 Å². The number of benzene rings is 1. The van der Waals surface area contributed by atoms with Crippen molar-refractivity contribution >= 4 is 11.9 Å². The third-order valence-corrected chi connectivity index (χ3v) is 2.94. The fraction of sp³-hybridized carbons (Fsp3) is 0.333. The van der Waals surface area contributed by atoms with Crippen molar-refractivity contribution in [2.24, 2.45) is 0 Å². The van der Waals surface area contributed by atoms with Gasteiger partial charge in [0.05, 0.1) is 6.42 Å². The van der Waals surface area contributed by atoms with Gasteiger partial charge in [-0.05, 0) is 25.0 Å². The molecule has 0 aliphatic heterocycles. The van der Waals surface area contributed by atoms with Crippen molar-refractivity contribution in [3.05, 3.63) is 35.4 Å². The Balaban J connectivity index is 2.06. The predicted molar refractivity (Wildman–Crippen MR) is 57.8 cm³/mol. The van der Waals surface area contributed by atoms with Gasteiger partial charge in [-0.15, -0.1) is 0 Å². The van der Waals surface area contributed by atoms with Crippen LogP contribution in [0.3, 0.4) is 0 Å². The molecule has 1 fully saturated rings. The Kier molecular flexibility index (Phi) is 3.02. The Hall–Kier alpha value is -1.98. The van der Waals surface area contributed by atoms with Crippen molar-refractivity contribution in [3.8, 4) is 0 Å². The molecule has 1 aliphatic rings. The van der Waals surface area contributed by atoms with E-state index < -0.39 is 35.5 Å². The predicted octanol–water partition coefficient (Wildman–Crippen LogP) is 1.24. The quantitative estimate of drug-likeness (QED) is 0.850. The number of hydrogen-bond donors (Lipinski definition) is 2. The molecule has 1 aliphatic carbocycles. The van der Waals surface area contributed by atoms with Gasteiger partial charge in [-0.1, -0.05) is 6.07 Å². The van der Waals surface area contributed by atoms with Crippen LogP contribution in [0.2, 0.25) is 0 Å².